The number of rotatable bonds is 5. The molecule has 0 aromatic carbocycles. The minimum atomic E-state index is -3.38. The summed E-state index contributed by atoms with van der Waals surface area (Å²) in [6, 6.07) is 1.65. The maximum absolute atomic E-state index is 12.5. The van der Waals surface area contributed by atoms with E-state index >= 15 is 0 Å². The van der Waals surface area contributed by atoms with Crippen molar-refractivity contribution in [2.24, 2.45) is 0 Å². The monoisotopic (exact) mass is 358 g/mol. The van der Waals surface area contributed by atoms with Gasteiger partial charge in [0, 0.05) is 32.4 Å². The van der Waals surface area contributed by atoms with E-state index in [-0.39, 0.29) is 12.4 Å². The van der Waals surface area contributed by atoms with Gasteiger partial charge in [-0.2, -0.15) is 4.31 Å². The molecule has 1 aromatic rings. The second kappa shape index (κ2) is 7.70. The number of anilines is 1. The van der Waals surface area contributed by atoms with Crippen LogP contribution in [0.5, 0.6) is 0 Å². The van der Waals surface area contributed by atoms with Crippen LogP contribution in [0.4, 0.5) is 5.95 Å². The van der Waals surface area contributed by atoms with Gasteiger partial charge in [0.05, 0.1) is 44.0 Å². The molecule has 0 aliphatic carbocycles. The summed E-state index contributed by atoms with van der Waals surface area (Å²) >= 11 is 0. The highest BCUT2D eigenvalue weighted by atomic mass is 32.2. The van der Waals surface area contributed by atoms with Gasteiger partial charge in [0.25, 0.3) is 0 Å². The lowest BCUT2D eigenvalue weighted by Crippen LogP contribution is -2.51. The zero-order valence-corrected chi connectivity index (χ0v) is 14.2. The van der Waals surface area contributed by atoms with Gasteiger partial charge in [-0.05, 0) is 6.07 Å². The summed E-state index contributed by atoms with van der Waals surface area (Å²) in [6.07, 6.45) is 1.20. The summed E-state index contributed by atoms with van der Waals surface area (Å²) in [6.45, 7) is 2.90. The number of hydrogen-bond acceptors (Lipinski definition) is 8. The molecule has 1 aromatic heterocycles. The Labute approximate surface area is 141 Å². The standard InChI is InChI=1S/C14H22N4O5S/c19-9-12-1-2-15-14(16-12)17-3-5-18(6-4-17)24(20,21)11-13-10-22-7-8-23-13/h1-2,13,19H,3-11H2. The van der Waals surface area contributed by atoms with Crippen molar-refractivity contribution in [2.75, 3.05) is 56.7 Å². The molecule has 10 heteroatoms. The van der Waals surface area contributed by atoms with Gasteiger partial charge in [0.1, 0.15) is 0 Å². The Balaban J connectivity index is 1.57. The fourth-order valence-electron chi connectivity index (χ4n) is 2.76. The molecule has 3 heterocycles. The summed E-state index contributed by atoms with van der Waals surface area (Å²) in [4.78, 5) is 10.4. The third-order valence-corrected chi connectivity index (χ3v) is 6.00. The summed E-state index contributed by atoms with van der Waals surface area (Å²) in [5.74, 6) is 0.464. The Morgan fingerprint density at radius 3 is 2.71 bits per heavy atom. The molecule has 1 N–H and O–H groups in total. The molecule has 2 aliphatic rings. The molecule has 2 fully saturated rings. The van der Waals surface area contributed by atoms with Gasteiger partial charge in [-0.25, -0.2) is 18.4 Å². The average Bonchev–Trinajstić information content (AvgIpc) is 2.62. The van der Waals surface area contributed by atoms with Gasteiger partial charge in [-0.1, -0.05) is 0 Å². The van der Waals surface area contributed by atoms with Crippen LogP contribution in [0.2, 0.25) is 0 Å². The average molecular weight is 358 g/mol. The van der Waals surface area contributed by atoms with E-state index in [1.165, 1.54) is 4.31 Å². The van der Waals surface area contributed by atoms with Crippen molar-refractivity contribution in [1.82, 2.24) is 14.3 Å². The Morgan fingerprint density at radius 1 is 1.25 bits per heavy atom. The molecule has 1 unspecified atom stereocenters. The number of ether oxygens (including phenoxy) is 2. The van der Waals surface area contributed by atoms with Crippen LogP contribution < -0.4 is 4.90 Å². The number of aliphatic hydroxyl groups excluding tert-OH is 1. The minimum absolute atomic E-state index is 0.0521. The van der Waals surface area contributed by atoms with Gasteiger partial charge >= 0.3 is 0 Å². The first-order valence-corrected chi connectivity index (χ1v) is 9.54. The van der Waals surface area contributed by atoms with Crippen molar-refractivity contribution in [3.63, 3.8) is 0 Å². The molecular formula is C14H22N4O5S. The van der Waals surface area contributed by atoms with Crippen LogP contribution in [0.1, 0.15) is 5.69 Å². The van der Waals surface area contributed by atoms with E-state index < -0.39 is 16.1 Å². The van der Waals surface area contributed by atoms with E-state index in [1.807, 2.05) is 4.90 Å². The van der Waals surface area contributed by atoms with Crippen molar-refractivity contribution >= 4 is 16.0 Å². The molecule has 2 saturated heterocycles. The van der Waals surface area contributed by atoms with Gasteiger partial charge in [0.15, 0.2) is 0 Å². The van der Waals surface area contributed by atoms with Crippen LogP contribution in [-0.2, 0) is 26.1 Å². The summed E-state index contributed by atoms with van der Waals surface area (Å²) in [5, 5.41) is 9.15. The van der Waals surface area contributed by atoms with E-state index in [9.17, 15) is 8.42 Å². The Kier molecular flexibility index (Phi) is 5.61. The molecule has 3 rings (SSSR count). The van der Waals surface area contributed by atoms with Crippen LogP contribution in [-0.4, -0.2) is 85.7 Å². The molecule has 24 heavy (non-hydrogen) atoms. The van der Waals surface area contributed by atoms with Crippen molar-refractivity contribution in [1.29, 1.82) is 0 Å². The van der Waals surface area contributed by atoms with E-state index in [1.54, 1.807) is 12.3 Å². The predicted molar refractivity (Wildman–Crippen MR) is 86.1 cm³/mol. The molecule has 9 nitrogen and oxygen atoms in total. The maximum Gasteiger partial charge on any atom is 0.225 e. The molecular weight excluding hydrogens is 336 g/mol. The maximum atomic E-state index is 12.5. The second-order valence-corrected chi connectivity index (χ2v) is 7.75. The summed E-state index contributed by atoms with van der Waals surface area (Å²) in [5.41, 5.74) is 0.546. The normalized spacial score (nSPS) is 23.4. The highest BCUT2D eigenvalue weighted by Crippen LogP contribution is 2.15. The minimum Gasteiger partial charge on any atom is -0.390 e. The molecule has 134 valence electrons. The van der Waals surface area contributed by atoms with Crippen molar-refractivity contribution in [2.45, 2.75) is 12.7 Å². The molecule has 1 atom stereocenters. The van der Waals surface area contributed by atoms with E-state index in [0.717, 1.165) is 0 Å². The van der Waals surface area contributed by atoms with Crippen LogP contribution in [0.25, 0.3) is 0 Å². The molecule has 0 spiro atoms. The van der Waals surface area contributed by atoms with Crippen molar-refractivity contribution in [3.8, 4) is 0 Å². The van der Waals surface area contributed by atoms with Crippen LogP contribution >= 0.6 is 0 Å². The Bertz CT molecular complexity index is 642. The zero-order chi connectivity index (χ0) is 17.0. The smallest absolute Gasteiger partial charge is 0.225 e. The summed E-state index contributed by atoms with van der Waals surface area (Å²) < 4.78 is 37.2. The zero-order valence-electron chi connectivity index (χ0n) is 13.4. The second-order valence-electron chi connectivity index (χ2n) is 5.74. The SMILES string of the molecule is O=S(=O)(CC1COCCO1)N1CCN(c2nccc(CO)n2)CC1. The number of aliphatic hydroxyl groups is 1. The third-order valence-electron chi connectivity index (χ3n) is 4.06. The predicted octanol–water partition coefficient (Wildman–Crippen LogP) is -1.16. The number of hydrogen-bond donors (Lipinski definition) is 1. The van der Waals surface area contributed by atoms with E-state index in [0.29, 0.717) is 57.6 Å². The van der Waals surface area contributed by atoms with Crippen molar-refractivity contribution in [3.05, 3.63) is 18.0 Å². The van der Waals surface area contributed by atoms with E-state index in [4.69, 9.17) is 14.6 Å². The van der Waals surface area contributed by atoms with Gasteiger partial charge in [-0.15, -0.1) is 0 Å². The number of aromatic nitrogens is 2. The van der Waals surface area contributed by atoms with E-state index in [2.05, 4.69) is 9.97 Å². The molecule has 0 saturated carbocycles. The largest absolute Gasteiger partial charge is 0.390 e. The number of piperazine rings is 1. The first-order valence-electron chi connectivity index (χ1n) is 7.93. The molecule has 0 bridgehead atoms. The van der Waals surface area contributed by atoms with Crippen LogP contribution in [0.3, 0.4) is 0 Å². The van der Waals surface area contributed by atoms with Crippen LogP contribution in [0.15, 0.2) is 12.3 Å². The molecule has 0 amide bonds. The van der Waals surface area contributed by atoms with Gasteiger partial charge < -0.3 is 19.5 Å². The highest BCUT2D eigenvalue weighted by Gasteiger charge is 2.31. The lowest BCUT2D eigenvalue weighted by Gasteiger charge is -2.35. The van der Waals surface area contributed by atoms with Gasteiger partial charge in [-0.3, -0.25) is 0 Å². The van der Waals surface area contributed by atoms with Crippen LogP contribution in [0, 0.1) is 0 Å². The quantitative estimate of drug-likeness (QED) is 0.702. The first kappa shape index (κ1) is 17.5. The molecule has 0 radical (unpaired) electrons. The molecule has 2 aliphatic heterocycles. The fraction of sp³-hybridized carbons (Fsp3) is 0.714. The summed E-state index contributed by atoms with van der Waals surface area (Å²) in [7, 11) is -3.38. The Morgan fingerprint density at radius 2 is 2.04 bits per heavy atom. The highest BCUT2D eigenvalue weighted by molar-refractivity contribution is 7.89. The Hall–Kier alpha value is -1.33. The lowest BCUT2D eigenvalue weighted by molar-refractivity contribution is -0.0785. The number of nitrogens with zero attached hydrogens (tertiary/aromatic N) is 4. The van der Waals surface area contributed by atoms with Crippen molar-refractivity contribution < 1.29 is 23.0 Å². The third kappa shape index (κ3) is 4.19. The topological polar surface area (TPSA) is 105 Å². The fourth-order valence-corrected chi connectivity index (χ4v) is 4.36. The van der Waals surface area contributed by atoms with Gasteiger partial charge in [0.2, 0.25) is 16.0 Å². The number of sulfonamides is 1. The lowest BCUT2D eigenvalue weighted by atomic mass is 10.4. The first-order chi connectivity index (χ1) is 11.6.